The van der Waals surface area contributed by atoms with Crippen LogP contribution in [0.15, 0.2) is 116 Å². The highest BCUT2D eigenvalue weighted by Crippen LogP contribution is 2.47. The second-order valence-electron chi connectivity index (χ2n) is 45.8. The maximum atomic E-state index is 14.4. The van der Waals surface area contributed by atoms with Crippen LogP contribution < -0.4 is 27.0 Å². The zero-order chi connectivity index (χ0) is 110. The number of carbonyl (C=O) groups excluding carboxylic acids is 3. The first-order valence-corrected chi connectivity index (χ1v) is 52.1. The lowest BCUT2D eigenvalue weighted by Gasteiger charge is -2.44. The van der Waals surface area contributed by atoms with Crippen LogP contribution in [0.4, 0.5) is 43.9 Å². The Balaban J connectivity index is 0.000000462. The van der Waals surface area contributed by atoms with E-state index < -0.39 is 105 Å². The topological polar surface area (TPSA) is 270 Å². The van der Waals surface area contributed by atoms with Gasteiger partial charge in [0.1, 0.15) is 63.7 Å². The molecule has 147 heavy (non-hydrogen) atoms. The number of carbonyl (C=O) groups is 4. The fraction of sp³-hybridized carbons (Fsp3) is 0.661. The van der Waals surface area contributed by atoms with E-state index in [2.05, 4.69) is 92.7 Å². The summed E-state index contributed by atoms with van der Waals surface area (Å²) in [5, 5.41) is 48.7. The van der Waals surface area contributed by atoms with Crippen LogP contribution >= 0.6 is 24.0 Å². The van der Waals surface area contributed by atoms with Gasteiger partial charge in [0, 0.05) is 73.2 Å². The average molecular weight is 2120 g/mol. The second-order valence-corrected chi connectivity index (χ2v) is 46.5. The van der Waals surface area contributed by atoms with E-state index in [4.69, 9.17) is 51.1 Å². The number of piperidine rings is 4. The highest BCUT2D eigenvalue weighted by molar-refractivity contribution is 6.45. The maximum Gasteiger partial charge on any atom is 0.488 e. The molecule has 6 aliphatic rings. The number of nitrogens with zero attached hydrogens (tertiary/aromatic N) is 3. The normalized spacial score (nSPS) is 19.8. The van der Waals surface area contributed by atoms with Crippen molar-refractivity contribution in [2.75, 3.05) is 52.4 Å². The molecule has 5 aromatic carbocycles. The molecule has 35 heteroatoms. The quantitative estimate of drug-likeness (QED) is 0.00637. The van der Waals surface area contributed by atoms with E-state index in [1.54, 1.807) is 6.92 Å². The van der Waals surface area contributed by atoms with Gasteiger partial charge in [-0.2, -0.15) is 0 Å². The van der Waals surface area contributed by atoms with Gasteiger partial charge in [-0.3, -0.25) is 33.9 Å². The largest absolute Gasteiger partial charge is 0.488 e. The number of unbranched alkanes of at least 4 members (excludes halogenated alkanes) is 2. The van der Waals surface area contributed by atoms with E-state index in [-0.39, 0.29) is 160 Å². The van der Waals surface area contributed by atoms with E-state index in [0.29, 0.717) is 70.9 Å². The first-order chi connectivity index (χ1) is 67.1. The number of carboxylic acids is 1. The Morgan fingerprint density at radius 2 is 0.735 bits per heavy atom. The number of halogens is 12. The molecule has 0 aromatic heterocycles. The number of hydrogen-bond acceptors (Lipinski definition) is 16. The summed E-state index contributed by atoms with van der Waals surface area (Å²) >= 11 is 5.53. The molecule has 6 saturated heterocycles. The number of rotatable bonds is 32. The molecule has 9 atom stereocenters. The Kier molecular flexibility index (Phi) is 53.8. The molecule has 6 fully saturated rings. The Morgan fingerprint density at radius 3 is 0.980 bits per heavy atom. The van der Waals surface area contributed by atoms with Crippen molar-refractivity contribution in [1.29, 1.82) is 0 Å². The van der Waals surface area contributed by atoms with Gasteiger partial charge in [-0.25, -0.2) is 43.9 Å². The number of alkyl halides is 1. The molecule has 9 unspecified atom stereocenters. The second kappa shape index (κ2) is 58.9. The minimum absolute atomic E-state index is 0. The summed E-state index contributed by atoms with van der Waals surface area (Å²) < 4.78 is 159. The first kappa shape index (κ1) is 134. The molecular weight excluding hydrogens is 1940 g/mol. The van der Waals surface area contributed by atoms with Gasteiger partial charge in [0.15, 0.2) is 0 Å². The maximum absolute atomic E-state index is 14.4. The standard InChI is InChI=1S/C30H49BF2N2O3.C24H36F2N2O.C19H29BF2N2O4.C16H30N2O.C8H7ClF2.C8H8F2O.C6H12BO2.CH4.ClH/c1-21(25-23(32)13-12-14-24(25)33)35-19-15-22(16-20-35)30(9,26(36)34-27(2,3)4)17-10-11-18-31-37-28(5,6)29(7,8)38-31;1-7-8-14-24(6,22(29)27-23(3,4)5)18-12-15-28(16-13-18)17(2)21-19(25)10-9-11-20(21)26;1-13(17-15(21)5-4-6-16(17)22)24-11-7-14(8-12-24)19(23,18(25)26)9-2-3-10-20(27)28;1-6-7-10-16(5,13-8-11-17-12-9-13)14(19)18-15(2,3)4;1-5(9)8-6(10)3-2-4-7(8)11;1-5(11)8-6(9)3-2-4-7(8)10;1-5(2)6(3,4)9-7-8-5;;/h12-14,21-22H,10-11,15-20H2,1-9H3,(H,34,36);7,9-11,17-18H,1,8,12-16H2,2-6H3,(H,27,29);4-6,13-14,27-28H,2-3,7-12,23H2,1H3,(H,25,26);6,13,17H,1,7-12H2,2-5H3,(H,18,19);2-5H,1H3;2-5,11H,1H3;1-4H3;1H4;1H. The van der Waals surface area contributed by atoms with E-state index in [1.807, 2.05) is 121 Å². The zero-order valence-corrected chi connectivity index (χ0v) is 93.1. The SMILES string of the molecule is C.C=CCCC(C)(C(=O)NC(C)(C)C)C1CCN(C(C)c2c(F)cccc2F)CC1.C=CCCC(C)(C(=O)NC(C)(C)C)C1CCNCC1.CC(Cl)c1c(F)cccc1F.CC(O)c1c(F)cccc1F.CC(c1c(F)cccc1F)N1CCC(C(C)(CCCCB2OC(C)(C)C(C)(C)O2)C(=O)NC(C)(C)C)CC1.CC(c1c(F)cccc1F)N1CCC(C(N)(CCCCB(O)O)C(=O)O)CC1.CC1(C)O[B]OC1(C)C.Cl. The first-order valence-electron chi connectivity index (χ1n) is 51.7. The monoisotopic (exact) mass is 2120 g/mol. The molecule has 5 aromatic rings. The van der Waals surface area contributed by atoms with Gasteiger partial charge in [-0.05, 0) is 392 Å². The number of aliphatic hydroxyl groups excluding tert-OH is 1. The van der Waals surface area contributed by atoms with Crippen LogP contribution in [0.5, 0.6) is 0 Å². The number of benzene rings is 5. The smallest absolute Gasteiger partial charge is 0.480 e. The van der Waals surface area contributed by atoms with Gasteiger partial charge in [0.25, 0.3) is 0 Å². The summed E-state index contributed by atoms with van der Waals surface area (Å²) in [7, 11) is -0.210. The van der Waals surface area contributed by atoms with Crippen LogP contribution in [0, 0.1) is 98.1 Å². The highest BCUT2D eigenvalue weighted by atomic mass is 35.5. The van der Waals surface area contributed by atoms with E-state index in [1.165, 1.54) is 100 Å². The molecule has 11 rings (SSSR count). The van der Waals surface area contributed by atoms with E-state index in [9.17, 15) is 68.2 Å². The number of nitrogens with two attached hydrogens (primary N) is 1. The summed E-state index contributed by atoms with van der Waals surface area (Å²) in [6.45, 7) is 62.5. The fourth-order valence-electron chi connectivity index (χ4n) is 19.6. The molecule has 829 valence electrons. The molecule has 3 amide bonds. The minimum atomic E-state index is -1.40. The number of allylic oxidation sites excluding steroid dienone is 2. The molecule has 6 aliphatic heterocycles. The summed E-state index contributed by atoms with van der Waals surface area (Å²) in [5.41, 5.74) is 1.70. The van der Waals surface area contributed by atoms with Gasteiger partial charge >= 0.3 is 27.9 Å². The van der Waals surface area contributed by atoms with Crippen LogP contribution in [0.1, 0.15) is 354 Å². The van der Waals surface area contributed by atoms with Crippen molar-refractivity contribution in [1.82, 2.24) is 36.0 Å². The summed E-state index contributed by atoms with van der Waals surface area (Å²) in [6.07, 6.45) is 17.3. The van der Waals surface area contributed by atoms with Crippen LogP contribution in [-0.4, -0.2) is 177 Å². The number of hydrogen-bond donors (Lipinski definition) is 9. The zero-order valence-electron chi connectivity index (χ0n) is 91.5. The van der Waals surface area contributed by atoms with Crippen molar-refractivity contribution in [3.63, 3.8) is 0 Å². The minimum Gasteiger partial charge on any atom is -0.480 e. The molecule has 0 aliphatic carbocycles. The number of aliphatic carboxylic acids is 1. The van der Waals surface area contributed by atoms with Crippen molar-refractivity contribution >= 4 is 69.6 Å². The van der Waals surface area contributed by atoms with Gasteiger partial charge < -0.3 is 65.9 Å². The molecule has 0 saturated carbocycles. The summed E-state index contributed by atoms with van der Waals surface area (Å²) in [4.78, 5) is 57.6. The Labute approximate surface area is 885 Å². The van der Waals surface area contributed by atoms with Crippen LogP contribution in [-0.2, 0) is 37.8 Å². The predicted molar refractivity (Wildman–Crippen MR) is 575 cm³/mol. The van der Waals surface area contributed by atoms with Crippen molar-refractivity contribution in [3.8, 4) is 0 Å². The van der Waals surface area contributed by atoms with Crippen LogP contribution in [0.25, 0.3) is 0 Å². The Bertz CT molecular complexity index is 4730. The molecule has 0 bridgehead atoms. The summed E-state index contributed by atoms with van der Waals surface area (Å²) in [5.74, 6) is -5.84. The highest BCUT2D eigenvalue weighted by Gasteiger charge is 2.53. The number of carboxylic acid groups (broad SMARTS) is 1. The van der Waals surface area contributed by atoms with Crippen molar-refractivity contribution < 1.29 is 102 Å². The average Bonchev–Trinajstić information content (AvgIpc) is 1.50. The molecule has 1 radical (unpaired) electrons. The number of amides is 3. The van der Waals surface area contributed by atoms with Crippen molar-refractivity contribution in [2.45, 2.75) is 383 Å². The van der Waals surface area contributed by atoms with Gasteiger partial charge in [-0.15, -0.1) is 37.2 Å². The van der Waals surface area contributed by atoms with Crippen molar-refractivity contribution in [3.05, 3.63) is 202 Å². The molecule has 6 heterocycles. The third kappa shape index (κ3) is 39.2. The van der Waals surface area contributed by atoms with Gasteiger partial charge in [0.2, 0.25) is 17.7 Å². The lowest BCUT2D eigenvalue weighted by atomic mass is 9.67. The molecule has 10 N–H and O–H groups in total. The lowest BCUT2D eigenvalue weighted by molar-refractivity contribution is -0.147. The van der Waals surface area contributed by atoms with E-state index >= 15 is 0 Å². The molecule has 20 nitrogen and oxygen atoms in total. The molecular formula is C112H176B3Cl2F10N8O12. The van der Waals surface area contributed by atoms with Crippen LogP contribution in [0.3, 0.4) is 0 Å². The van der Waals surface area contributed by atoms with Gasteiger partial charge in [0.05, 0.1) is 39.4 Å². The predicted octanol–water partition coefficient (Wildman–Crippen LogP) is 25.0. The Hall–Kier alpha value is -6.95. The third-order valence-electron chi connectivity index (χ3n) is 30.4. The number of likely N-dealkylation sites (tertiary alicyclic amines) is 3. The summed E-state index contributed by atoms with van der Waals surface area (Å²) in [6, 6.07) is 17.9. The Morgan fingerprint density at radius 1 is 0.463 bits per heavy atom. The number of aliphatic hydroxyl groups is 1. The lowest BCUT2D eigenvalue weighted by Crippen LogP contribution is -2.57. The third-order valence-corrected chi connectivity index (χ3v) is 30.6. The molecule has 0 spiro atoms. The fourth-order valence-corrected chi connectivity index (χ4v) is 19.8. The van der Waals surface area contributed by atoms with Crippen molar-refractivity contribution in [2.24, 2.45) is 45.7 Å². The number of nitrogens with one attached hydrogen (secondary N) is 4. The van der Waals surface area contributed by atoms with E-state index in [0.717, 1.165) is 115 Å². The van der Waals surface area contributed by atoms with Gasteiger partial charge in [-0.1, -0.05) is 96.4 Å². The van der Waals surface area contributed by atoms with Crippen LogP contribution in [0.2, 0.25) is 12.6 Å².